The van der Waals surface area contributed by atoms with Gasteiger partial charge < -0.3 is 33.7 Å². The molecule has 1 aromatic heterocycles. The number of urea groups is 1. The molecule has 0 unspecified atom stereocenters. The van der Waals surface area contributed by atoms with Crippen LogP contribution in [0, 0.1) is 13.8 Å². The van der Waals surface area contributed by atoms with E-state index in [1.807, 2.05) is 56.3 Å². The Bertz CT molecular complexity index is 1320. The molecule has 0 spiro atoms. The molecule has 3 amide bonds. The van der Waals surface area contributed by atoms with Crippen LogP contribution < -0.4 is 14.8 Å². The molecule has 0 saturated carbocycles. The Morgan fingerprint density at radius 1 is 0.951 bits per heavy atom. The minimum absolute atomic E-state index is 0.0644. The van der Waals surface area contributed by atoms with Crippen molar-refractivity contribution in [3.05, 3.63) is 77.2 Å². The fraction of sp³-hybridized carbons (Fsp3) is 0.419. The van der Waals surface area contributed by atoms with Crippen LogP contribution in [0.2, 0.25) is 0 Å². The van der Waals surface area contributed by atoms with E-state index in [4.69, 9.17) is 18.6 Å². The van der Waals surface area contributed by atoms with Crippen LogP contribution in [0.1, 0.15) is 28.9 Å². The first-order chi connectivity index (χ1) is 19.9. The third-order valence-corrected chi connectivity index (χ3v) is 7.33. The first-order valence-electron chi connectivity index (χ1n) is 14.1. The maximum absolute atomic E-state index is 13.8. The predicted octanol–water partition coefficient (Wildman–Crippen LogP) is 4.41. The number of rotatable bonds is 11. The molecule has 10 nitrogen and oxygen atoms in total. The van der Waals surface area contributed by atoms with Gasteiger partial charge in [-0.2, -0.15) is 0 Å². The summed E-state index contributed by atoms with van der Waals surface area (Å²) in [5.41, 5.74) is 3.72. The summed E-state index contributed by atoms with van der Waals surface area (Å²) < 4.78 is 22.0. The average Bonchev–Trinajstić information content (AvgIpc) is 3.66. The molecule has 0 bridgehead atoms. The zero-order valence-corrected chi connectivity index (χ0v) is 23.8. The molecule has 1 N–H and O–H groups in total. The Kier molecular flexibility index (Phi) is 9.43. The summed E-state index contributed by atoms with van der Waals surface area (Å²) in [4.78, 5) is 33.0. The Balaban J connectivity index is 1.30. The monoisotopic (exact) mass is 562 g/mol. The normalized spacial score (nSPS) is 14.6. The molecule has 218 valence electrons. The van der Waals surface area contributed by atoms with Crippen LogP contribution in [0.3, 0.4) is 0 Å². The van der Waals surface area contributed by atoms with Gasteiger partial charge in [-0.1, -0.05) is 23.8 Å². The number of fused-ring (bicyclic) bond motifs is 1. The zero-order valence-electron chi connectivity index (χ0n) is 23.8. The Morgan fingerprint density at radius 2 is 1.78 bits per heavy atom. The molecule has 5 rings (SSSR count). The van der Waals surface area contributed by atoms with Crippen molar-refractivity contribution in [2.45, 2.75) is 33.4 Å². The number of hydrogen-bond donors (Lipinski definition) is 1. The van der Waals surface area contributed by atoms with E-state index in [1.165, 1.54) is 0 Å². The highest BCUT2D eigenvalue weighted by atomic mass is 16.7. The van der Waals surface area contributed by atoms with E-state index in [1.54, 1.807) is 22.1 Å². The molecule has 1 saturated heterocycles. The first kappa shape index (κ1) is 28.5. The van der Waals surface area contributed by atoms with Crippen LogP contribution in [0.25, 0.3) is 0 Å². The summed E-state index contributed by atoms with van der Waals surface area (Å²) in [6, 6.07) is 14.9. The average molecular weight is 563 g/mol. The Hall–Kier alpha value is -4.02. The standard InChI is InChI=1S/C31H38N4O6/c1-23-6-8-27(24(2)17-23)32-31(37)34(11-4-10-33-12-15-38-16-13-33)21-30(36)35(20-26-5-3-14-39-26)19-25-7-9-28-29(18-25)41-22-40-28/h3,5-9,14,17-18H,4,10-13,15-16,19-22H2,1-2H3,(H,32,37). The van der Waals surface area contributed by atoms with E-state index in [-0.39, 0.29) is 31.8 Å². The molecular weight excluding hydrogens is 524 g/mol. The van der Waals surface area contributed by atoms with Gasteiger partial charge in [0.25, 0.3) is 0 Å². The summed E-state index contributed by atoms with van der Waals surface area (Å²) in [6.45, 7) is 9.17. The van der Waals surface area contributed by atoms with Crippen molar-refractivity contribution < 1.29 is 28.2 Å². The second-order valence-corrected chi connectivity index (χ2v) is 10.5. The number of nitrogens with zero attached hydrogens (tertiary/aromatic N) is 3. The second-order valence-electron chi connectivity index (χ2n) is 10.5. The third-order valence-electron chi connectivity index (χ3n) is 7.33. The van der Waals surface area contributed by atoms with Gasteiger partial charge >= 0.3 is 6.03 Å². The number of anilines is 1. The molecule has 0 aliphatic carbocycles. The topological polar surface area (TPSA) is 96.7 Å². The van der Waals surface area contributed by atoms with Crippen molar-refractivity contribution in [3.8, 4) is 11.5 Å². The number of carbonyl (C=O) groups excluding carboxylic acids is 2. The molecular formula is C31H38N4O6. The van der Waals surface area contributed by atoms with Crippen LogP contribution in [0.4, 0.5) is 10.5 Å². The zero-order chi connectivity index (χ0) is 28.6. The minimum Gasteiger partial charge on any atom is -0.467 e. The molecule has 2 aliphatic heterocycles. The number of benzene rings is 2. The summed E-state index contributed by atoms with van der Waals surface area (Å²) >= 11 is 0. The number of furan rings is 1. The molecule has 3 heterocycles. The fourth-order valence-corrected chi connectivity index (χ4v) is 5.06. The van der Waals surface area contributed by atoms with Crippen molar-refractivity contribution in [3.63, 3.8) is 0 Å². The maximum atomic E-state index is 13.8. The van der Waals surface area contributed by atoms with Crippen LogP contribution in [-0.2, 0) is 22.6 Å². The van der Waals surface area contributed by atoms with E-state index in [0.29, 0.717) is 30.3 Å². The molecule has 1 fully saturated rings. The van der Waals surface area contributed by atoms with Gasteiger partial charge in [0.15, 0.2) is 11.5 Å². The lowest BCUT2D eigenvalue weighted by molar-refractivity contribution is -0.133. The highest BCUT2D eigenvalue weighted by molar-refractivity contribution is 5.93. The number of morpholine rings is 1. The van der Waals surface area contributed by atoms with Crippen molar-refractivity contribution in [2.24, 2.45) is 0 Å². The predicted molar refractivity (Wildman–Crippen MR) is 154 cm³/mol. The summed E-state index contributed by atoms with van der Waals surface area (Å²) in [6.07, 6.45) is 2.34. The molecule has 10 heteroatoms. The fourth-order valence-electron chi connectivity index (χ4n) is 5.06. The number of hydrogen-bond acceptors (Lipinski definition) is 7. The van der Waals surface area contributed by atoms with Gasteiger partial charge in [-0.25, -0.2) is 4.79 Å². The molecule has 2 aliphatic rings. The van der Waals surface area contributed by atoms with Crippen LogP contribution in [0.15, 0.2) is 59.2 Å². The molecule has 0 atom stereocenters. The van der Waals surface area contributed by atoms with Crippen LogP contribution >= 0.6 is 0 Å². The van der Waals surface area contributed by atoms with Gasteiger partial charge in [0.1, 0.15) is 12.3 Å². The lowest BCUT2D eigenvalue weighted by atomic mass is 10.1. The summed E-state index contributed by atoms with van der Waals surface area (Å²) in [5, 5.41) is 3.03. The number of nitrogens with one attached hydrogen (secondary N) is 1. The third kappa shape index (κ3) is 7.80. The van der Waals surface area contributed by atoms with Crippen LogP contribution in [-0.4, -0.2) is 79.4 Å². The SMILES string of the molecule is Cc1ccc(NC(=O)N(CCCN2CCOCC2)CC(=O)N(Cc2ccc3c(c2)OCO3)Cc2ccco2)c(C)c1. The molecule has 3 aromatic rings. The summed E-state index contributed by atoms with van der Waals surface area (Å²) in [7, 11) is 0. The van der Waals surface area contributed by atoms with Gasteiger partial charge in [0, 0.05) is 38.4 Å². The lowest BCUT2D eigenvalue weighted by Crippen LogP contribution is -2.45. The first-order valence-corrected chi connectivity index (χ1v) is 14.1. The van der Waals surface area contributed by atoms with E-state index in [2.05, 4.69) is 10.2 Å². The van der Waals surface area contributed by atoms with E-state index < -0.39 is 0 Å². The van der Waals surface area contributed by atoms with E-state index in [9.17, 15) is 9.59 Å². The lowest BCUT2D eigenvalue weighted by Gasteiger charge is -2.30. The van der Waals surface area contributed by atoms with Crippen molar-refractivity contribution >= 4 is 17.6 Å². The number of aryl methyl sites for hydroxylation is 2. The largest absolute Gasteiger partial charge is 0.467 e. The van der Waals surface area contributed by atoms with Gasteiger partial charge in [-0.3, -0.25) is 9.69 Å². The highest BCUT2D eigenvalue weighted by Crippen LogP contribution is 2.33. The number of carbonyl (C=O) groups is 2. The minimum atomic E-state index is -0.298. The summed E-state index contributed by atoms with van der Waals surface area (Å²) in [5.74, 6) is 1.83. The van der Waals surface area contributed by atoms with Crippen molar-refractivity contribution in [2.75, 3.05) is 58.0 Å². The van der Waals surface area contributed by atoms with Gasteiger partial charge in [0.2, 0.25) is 12.7 Å². The number of ether oxygens (including phenoxy) is 3. The molecule has 0 radical (unpaired) electrons. The van der Waals surface area contributed by atoms with Crippen molar-refractivity contribution in [1.29, 1.82) is 0 Å². The molecule has 2 aromatic carbocycles. The quantitative estimate of drug-likeness (QED) is 0.370. The Morgan fingerprint density at radius 3 is 2.56 bits per heavy atom. The van der Waals surface area contributed by atoms with Gasteiger partial charge in [-0.05, 0) is 61.7 Å². The van der Waals surface area contributed by atoms with Gasteiger partial charge in [0.05, 0.1) is 26.0 Å². The highest BCUT2D eigenvalue weighted by Gasteiger charge is 2.24. The Labute approximate surface area is 240 Å². The van der Waals surface area contributed by atoms with Crippen LogP contribution in [0.5, 0.6) is 11.5 Å². The van der Waals surface area contributed by atoms with Crippen molar-refractivity contribution in [1.82, 2.24) is 14.7 Å². The van der Waals surface area contributed by atoms with E-state index >= 15 is 0 Å². The second kappa shape index (κ2) is 13.6. The maximum Gasteiger partial charge on any atom is 0.322 e. The van der Waals surface area contributed by atoms with Gasteiger partial charge in [-0.15, -0.1) is 0 Å². The van der Waals surface area contributed by atoms with E-state index in [0.717, 1.165) is 61.6 Å². The molecule has 41 heavy (non-hydrogen) atoms. The number of amides is 3. The smallest absolute Gasteiger partial charge is 0.322 e.